The lowest BCUT2D eigenvalue weighted by molar-refractivity contribution is -0.146. The van der Waals surface area contributed by atoms with Crippen LogP contribution in [0, 0.1) is 13.8 Å². The van der Waals surface area contributed by atoms with E-state index in [0.29, 0.717) is 18.9 Å². The Morgan fingerprint density at radius 2 is 2.00 bits per heavy atom. The number of aryl methyl sites for hydroxylation is 3. The normalized spacial score (nSPS) is 14.8. The molecule has 0 spiro atoms. The lowest BCUT2D eigenvalue weighted by Gasteiger charge is -2.16. The number of benzene rings is 2. The molecular weight excluding hydrogens is 404 g/mol. The molecule has 0 amide bonds. The number of rotatable bonds is 7. The highest BCUT2D eigenvalue weighted by atomic mass is 16.5. The number of esters is 1. The van der Waals surface area contributed by atoms with Crippen molar-refractivity contribution < 1.29 is 18.7 Å². The summed E-state index contributed by atoms with van der Waals surface area (Å²) < 4.78 is 17.3. The molecule has 1 unspecified atom stereocenters. The second-order valence-electron chi connectivity index (χ2n) is 8.51. The molecule has 0 radical (unpaired) electrons. The zero-order chi connectivity index (χ0) is 22.8. The molecule has 0 saturated carbocycles. The van der Waals surface area contributed by atoms with Crippen LogP contribution in [0.15, 0.2) is 40.8 Å². The van der Waals surface area contributed by atoms with E-state index in [-0.39, 0.29) is 12.1 Å². The van der Waals surface area contributed by atoms with Crippen molar-refractivity contribution in [2.45, 2.75) is 46.1 Å². The van der Waals surface area contributed by atoms with Crippen LogP contribution in [0.3, 0.4) is 0 Å². The lowest BCUT2D eigenvalue weighted by atomic mass is 10.1. The quantitative estimate of drug-likeness (QED) is 0.477. The Balaban J connectivity index is 1.40. The second kappa shape index (κ2) is 9.07. The summed E-state index contributed by atoms with van der Waals surface area (Å²) in [6.45, 7) is 6.00. The first-order valence-corrected chi connectivity index (χ1v) is 11.0. The molecule has 1 atom stereocenters. The summed E-state index contributed by atoms with van der Waals surface area (Å²) in [7, 11) is 4.07. The van der Waals surface area contributed by atoms with Crippen LogP contribution in [0.2, 0.25) is 0 Å². The fraction of sp³-hybridized carbons (Fsp3) is 0.385. The SMILES string of the molecule is CC(=O)OC1CCc2cc(OCCc3nc(-c4ccc(C)c(N(C)C)c4)oc3C)ccc21. The topological polar surface area (TPSA) is 64.8 Å². The van der Waals surface area contributed by atoms with Gasteiger partial charge in [0.1, 0.15) is 17.6 Å². The molecule has 32 heavy (non-hydrogen) atoms. The predicted molar refractivity (Wildman–Crippen MR) is 124 cm³/mol. The van der Waals surface area contributed by atoms with Gasteiger partial charge >= 0.3 is 5.97 Å². The monoisotopic (exact) mass is 434 g/mol. The van der Waals surface area contributed by atoms with E-state index in [1.807, 2.05) is 39.2 Å². The molecule has 0 saturated heterocycles. The number of oxazole rings is 1. The Kier molecular flexibility index (Phi) is 6.21. The smallest absolute Gasteiger partial charge is 0.303 e. The highest BCUT2D eigenvalue weighted by Gasteiger charge is 2.25. The first-order valence-electron chi connectivity index (χ1n) is 11.0. The molecule has 3 aromatic rings. The predicted octanol–water partition coefficient (Wildman–Crippen LogP) is 5.20. The maximum atomic E-state index is 11.3. The summed E-state index contributed by atoms with van der Waals surface area (Å²) in [5.74, 6) is 2.03. The van der Waals surface area contributed by atoms with Crippen molar-refractivity contribution in [3.8, 4) is 17.2 Å². The average Bonchev–Trinajstić information content (AvgIpc) is 3.31. The highest BCUT2D eigenvalue weighted by Crippen LogP contribution is 2.36. The summed E-state index contributed by atoms with van der Waals surface area (Å²) >= 11 is 0. The number of fused-ring (bicyclic) bond motifs is 1. The molecule has 0 aliphatic heterocycles. The minimum atomic E-state index is -0.242. The van der Waals surface area contributed by atoms with Crippen LogP contribution in [-0.4, -0.2) is 31.7 Å². The van der Waals surface area contributed by atoms with Gasteiger partial charge in [-0.3, -0.25) is 4.79 Å². The minimum Gasteiger partial charge on any atom is -0.493 e. The molecule has 1 aliphatic carbocycles. The first kappa shape index (κ1) is 21.9. The molecule has 0 bridgehead atoms. The number of aromatic nitrogens is 1. The van der Waals surface area contributed by atoms with Crippen molar-refractivity contribution in [2.24, 2.45) is 0 Å². The summed E-state index contributed by atoms with van der Waals surface area (Å²) in [4.78, 5) is 18.1. The zero-order valence-electron chi connectivity index (χ0n) is 19.4. The second-order valence-corrected chi connectivity index (χ2v) is 8.51. The van der Waals surface area contributed by atoms with Gasteiger partial charge in [-0.2, -0.15) is 0 Å². The molecule has 6 heteroatoms. The van der Waals surface area contributed by atoms with E-state index < -0.39 is 0 Å². The standard InChI is InChI=1S/C26H30N2O4/c1-16-6-7-20(15-24(16)28(4)5)26-27-23(17(2)31-26)12-13-30-21-9-10-22-19(14-21)8-11-25(22)32-18(3)29/h6-7,9-10,14-15,25H,8,11-13H2,1-5H3. The van der Waals surface area contributed by atoms with Gasteiger partial charge in [-0.05, 0) is 67.6 Å². The third-order valence-electron chi connectivity index (χ3n) is 5.88. The number of nitrogens with zero attached hydrogens (tertiary/aromatic N) is 2. The van der Waals surface area contributed by atoms with Crippen LogP contribution in [0.4, 0.5) is 5.69 Å². The Bertz CT molecular complexity index is 1130. The fourth-order valence-electron chi connectivity index (χ4n) is 4.24. The Hall–Kier alpha value is -3.28. The summed E-state index contributed by atoms with van der Waals surface area (Å²) in [5, 5.41) is 0. The number of hydrogen-bond acceptors (Lipinski definition) is 6. The average molecular weight is 435 g/mol. The minimum absolute atomic E-state index is 0.137. The largest absolute Gasteiger partial charge is 0.493 e. The van der Waals surface area contributed by atoms with Gasteiger partial charge in [0, 0.05) is 38.7 Å². The van der Waals surface area contributed by atoms with E-state index in [2.05, 4.69) is 30.0 Å². The van der Waals surface area contributed by atoms with Gasteiger partial charge in [-0.1, -0.05) is 12.1 Å². The van der Waals surface area contributed by atoms with Crippen molar-refractivity contribution in [3.05, 3.63) is 64.5 Å². The molecule has 0 fully saturated rings. The number of anilines is 1. The van der Waals surface area contributed by atoms with Gasteiger partial charge in [-0.25, -0.2) is 4.98 Å². The maximum absolute atomic E-state index is 11.3. The third-order valence-corrected chi connectivity index (χ3v) is 5.88. The lowest BCUT2D eigenvalue weighted by Crippen LogP contribution is -2.10. The highest BCUT2D eigenvalue weighted by molar-refractivity contribution is 5.67. The molecule has 168 valence electrons. The Morgan fingerprint density at radius 3 is 2.75 bits per heavy atom. The molecular formula is C26H30N2O4. The van der Waals surface area contributed by atoms with E-state index in [0.717, 1.165) is 46.9 Å². The van der Waals surface area contributed by atoms with Crippen LogP contribution in [0.5, 0.6) is 5.75 Å². The zero-order valence-corrected chi connectivity index (χ0v) is 19.4. The summed E-state index contributed by atoms with van der Waals surface area (Å²) in [5.41, 5.74) is 6.50. The third kappa shape index (κ3) is 4.64. The van der Waals surface area contributed by atoms with Gasteiger partial charge in [-0.15, -0.1) is 0 Å². The van der Waals surface area contributed by atoms with Gasteiger partial charge in [0.2, 0.25) is 5.89 Å². The van der Waals surface area contributed by atoms with E-state index in [4.69, 9.17) is 18.9 Å². The molecule has 1 aromatic heterocycles. The van der Waals surface area contributed by atoms with Crippen LogP contribution in [-0.2, 0) is 22.4 Å². The molecule has 1 aliphatic rings. The Morgan fingerprint density at radius 1 is 1.19 bits per heavy atom. The fourth-order valence-corrected chi connectivity index (χ4v) is 4.24. The van der Waals surface area contributed by atoms with E-state index >= 15 is 0 Å². The molecule has 4 rings (SSSR count). The number of carbonyl (C=O) groups is 1. The van der Waals surface area contributed by atoms with Gasteiger partial charge in [0.15, 0.2) is 0 Å². The van der Waals surface area contributed by atoms with Crippen LogP contribution in [0.1, 0.15) is 47.6 Å². The van der Waals surface area contributed by atoms with Crippen LogP contribution >= 0.6 is 0 Å². The van der Waals surface area contributed by atoms with Crippen LogP contribution in [0.25, 0.3) is 11.5 Å². The van der Waals surface area contributed by atoms with E-state index in [1.165, 1.54) is 18.1 Å². The molecule has 6 nitrogen and oxygen atoms in total. The van der Waals surface area contributed by atoms with Gasteiger partial charge in [0.05, 0.1) is 12.3 Å². The number of ether oxygens (including phenoxy) is 2. The molecule has 0 N–H and O–H groups in total. The van der Waals surface area contributed by atoms with E-state index in [1.54, 1.807) is 0 Å². The maximum Gasteiger partial charge on any atom is 0.303 e. The number of hydrogen-bond donors (Lipinski definition) is 0. The Labute approximate surface area is 189 Å². The molecule has 2 aromatic carbocycles. The van der Waals surface area contributed by atoms with Crippen molar-refractivity contribution >= 4 is 11.7 Å². The summed E-state index contributed by atoms with van der Waals surface area (Å²) in [6, 6.07) is 12.2. The van der Waals surface area contributed by atoms with Gasteiger partial charge < -0.3 is 18.8 Å². The summed E-state index contributed by atoms with van der Waals surface area (Å²) in [6.07, 6.45) is 2.24. The van der Waals surface area contributed by atoms with Crippen molar-refractivity contribution in [1.82, 2.24) is 4.98 Å². The van der Waals surface area contributed by atoms with Crippen LogP contribution < -0.4 is 9.64 Å². The van der Waals surface area contributed by atoms with Crippen molar-refractivity contribution in [3.63, 3.8) is 0 Å². The molecule has 1 heterocycles. The van der Waals surface area contributed by atoms with E-state index in [9.17, 15) is 4.79 Å². The van der Waals surface area contributed by atoms with Gasteiger partial charge in [0.25, 0.3) is 0 Å². The number of carbonyl (C=O) groups excluding carboxylic acids is 1. The van der Waals surface area contributed by atoms with Crippen molar-refractivity contribution in [2.75, 3.05) is 25.6 Å². The first-order chi connectivity index (χ1) is 15.3. The van der Waals surface area contributed by atoms with Crippen molar-refractivity contribution in [1.29, 1.82) is 0 Å².